The zero-order chi connectivity index (χ0) is 14.5. The first-order valence-electron chi connectivity index (χ1n) is 6.14. The van der Waals surface area contributed by atoms with Crippen LogP contribution >= 0.6 is 15.9 Å². The summed E-state index contributed by atoms with van der Waals surface area (Å²) in [5, 5.41) is 0. The molecule has 20 heavy (non-hydrogen) atoms. The van der Waals surface area contributed by atoms with Crippen LogP contribution in [0.1, 0.15) is 5.56 Å². The van der Waals surface area contributed by atoms with Crippen molar-refractivity contribution in [1.82, 2.24) is 0 Å². The normalized spacial score (nSPS) is 10.4. The van der Waals surface area contributed by atoms with E-state index in [1.807, 2.05) is 6.07 Å². The van der Waals surface area contributed by atoms with Gasteiger partial charge in [0.05, 0.1) is 11.6 Å². The monoisotopic (exact) mass is 339 g/mol. The Balaban J connectivity index is 2.29. The van der Waals surface area contributed by atoms with Gasteiger partial charge in [-0.1, -0.05) is 0 Å². The molecule has 0 fully saturated rings. The van der Waals surface area contributed by atoms with Crippen LogP contribution in [0.25, 0.3) is 0 Å². The Morgan fingerprint density at radius 1 is 1.15 bits per heavy atom. The minimum absolute atomic E-state index is 0.297. The number of ether oxygens (including phenoxy) is 2. The zero-order valence-electron chi connectivity index (χ0n) is 11.0. The molecule has 0 heterocycles. The quantitative estimate of drug-likeness (QED) is 0.898. The summed E-state index contributed by atoms with van der Waals surface area (Å²) < 4.78 is 25.0. The fraction of sp³-hybridized carbons (Fsp3) is 0.200. The van der Waals surface area contributed by atoms with E-state index in [0.717, 1.165) is 15.8 Å². The van der Waals surface area contributed by atoms with Crippen LogP contribution in [0.4, 0.5) is 4.39 Å². The van der Waals surface area contributed by atoms with Gasteiger partial charge in [0.2, 0.25) is 0 Å². The molecule has 5 heteroatoms. The summed E-state index contributed by atoms with van der Waals surface area (Å²) in [6, 6.07) is 9.82. The molecule has 106 valence electrons. The number of hydrogen-bond donors (Lipinski definition) is 1. The summed E-state index contributed by atoms with van der Waals surface area (Å²) in [6.45, 7) is 0.434. The van der Waals surface area contributed by atoms with E-state index in [1.54, 1.807) is 25.3 Å². The lowest BCUT2D eigenvalue weighted by atomic mass is 10.1. The summed E-state index contributed by atoms with van der Waals surface area (Å²) in [5.74, 6) is 1.67. The topological polar surface area (TPSA) is 44.5 Å². The van der Waals surface area contributed by atoms with Crippen molar-refractivity contribution >= 4 is 15.9 Å². The maximum Gasteiger partial charge on any atom is 0.141 e. The lowest BCUT2D eigenvalue weighted by Gasteiger charge is -2.12. The summed E-state index contributed by atoms with van der Waals surface area (Å²) in [6.07, 6.45) is 0.556. The van der Waals surface area contributed by atoms with E-state index in [9.17, 15) is 4.39 Å². The molecule has 3 nitrogen and oxygen atoms in total. The number of hydrogen-bond acceptors (Lipinski definition) is 3. The first kappa shape index (κ1) is 14.8. The molecular formula is C15H15BrFNO2. The predicted octanol–water partition coefficient (Wildman–Crippen LogP) is 3.89. The van der Waals surface area contributed by atoms with Crippen LogP contribution in [0.15, 0.2) is 40.9 Å². The fourth-order valence-electron chi connectivity index (χ4n) is 1.81. The van der Waals surface area contributed by atoms with E-state index >= 15 is 0 Å². The van der Waals surface area contributed by atoms with Gasteiger partial charge in [0.25, 0.3) is 0 Å². The number of halogens is 2. The highest BCUT2D eigenvalue weighted by atomic mass is 79.9. The molecule has 0 amide bonds. The average molecular weight is 340 g/mol. The standard InChI is InChI=1S/C15H15BrFNO2/c1-19-12-3-5-15(13(16)9-12)20-14-4-2-11(17)8-10(14)6-7-18/h2-5,8-9H,6-7,18H2,1H3. The lowest BCUT2D eigenvalue weighted by molar-refractivity contribution is 0.412. The Kier molecular flexibility index (Phi) is 4.98. The summed E-state index contributed by atoms with van der Waals surface area (Å²) >= 11 is 3.42. The second-order valence-corrected chi connectivity index (χ2v) is 5.04. The summed E-state index contributed by atoms with van der Waals surface area (Å²) in [7, 11) is 1.60. The van der Waals surface area contributed by atoms with Crippen molar-refractivity contribution in [2.75, 3.05) is 13.7 Å². The molecule has 2 aromatic carbocycles. The van der Waals surface area contributed by atoms with E-state index in [1.165, 1.54) is 12.1 Å². The fourth-order valence-corrected chi connectivity index (χ4v) is 2.25. The predicted molar refractivity (Wildman–Crippen MR) is 79.9 cm³/mol. The van der Waals surface area contributed by atoms with Crippen LogP contribution in [0, 0.1) is 5.82 Å². The van der Waals surface area contributed by atoms with E-state index in [4.69, 9.17) is 15.2 Å². The third kappa shape index (κ3) is 3.49. The van der Waals surface area contributed by atoms with Crippen LogP contribution in [-0.4, -0.2) is 13.7 Å². The minimum atomic E-state index is -0.297. The summed E-state index contributed by atoms with van der Waals surface area (Å²) in [4.78, 5) is 0. The van der Waals surface area contributed by atoms with Crippen LogP contribution in [-0.2, 0) is 6.42 Å². The smallest absolute Gasteiger partial charge is 0.141 e. The van der Waals surface area contributed by atoms with Gasteiger partial charge in [0.1, 0.15) is 23.1 Å². The Bertz CT molecular complexity index is 604. The van der Waals surface area contributed by atoms with Crippen LogP contribution in [0.3, 0.4) is 0 Å². The molecule has 2 rings (SSSR count). The van der Waals surface area contributed by atoms with Gasteiger partial charge in [-0.15, -0.1) is 0 Å². The lowest BCUT2D eigenvalue weighted by Crippen LogP contribution is -2.04. The Morgan fingerprint density at radius 3 is 2.55 bits per heavy atom. The molecule has 0 aliphatic rings. The van der Waals surface area contributed by atoms with Crippen LogP contribution < -0.4 is 15.2 Å². The van der Waals surface area contributed by atoms with Gasteiger partial charge in [-0.2, -0.15) is 0 Å². The van der Waals surface area contributed by atoms with E-state index < -0.39 is 0 Å². The first-order chi connectivity index (χ1) is 9.63. The van der Waals surface area contributed by atoms with Crippen molar-refractivity contribution in [2.24, 2.45) is 5.73 Å². The van der Waals surface area contributed by atoms with Crippen LogP contribution in [0.2, 0.25) is 0 Å². The molecule has 0 atom stereocenters. The third-order valence-corrected chi connectivity index (χ3v) is 3.41. The van der Waals surface area contributed by atoms with Crippen molar-refractivity contribution in [3.8, 4) is 17.2 Å². The van der Waals surface area contributed by atoms with Gasteiger partial charge in [-0.25, -0.2) is 4.39 Å². The molecule has 2 aromatic rings. The van der Waals surface area contributed by atoms with Gasteiger partial charge < -0.3 is 15.2 Å². The second kappa shape index (κ2) is 6.72. The number of benzene rings is 2. The van der Waals surface area contributed by atoms with Crippen molar-refractivity contribution in [3.05, 3.63) is 52.3 Å². The Hall–Kier alpha value is -1.59. The molecular weight excluding hydrogens is 325 g/mol. The van der Waals surface area contributed by atoms with E-state index in [-0.39, 0.29) is 5.82 Å². The van der Waals surface area contributed by atoms with E-state index in [2.05, 4.69) is 15.9 Å². The molecule has 2 N–H and O–H groups in total. The largest absolute Gasteiger partial charge is 0.497 e. The maximum atomic E-state index is 13.3. The number of rotatable bonds is 5. The minimum Gasteiger partial charge on any atom is -0.497 e. The Morgan fingerprint density at radius 2 is 1.90 bits per heavy atom. The van der Waals surface area contributed by atoms with Crippen molar-refractivity contribution in [2.45, 2.75) is 6.42 Å². The maximum absolute atomic E-state index is 13.3. The van der Waals surface area contributed by atoms with Gasteiger partial charge >= 0.3 is 0 Å². The van der Waals surface area contributed by atoms with Gasteiger partial charge in [0.15, 0.2) is 0 Å². The molecule has 0 aliphatic heterocycles. The number of methoxy groups -OCH3 is 1. The van der Waals surface area contributed by atoms with Gasteiger partial charge in [-0.3, -0.25) is 0 Å². The molecule has 0 bridgehead atoms. The average Bonchev–Trinajstić information content (AvgIpc) is 2.44. The molecule has 0 saturated carbocycles. The Labute approximate surface area is 125 Å². The highest BCUT2D eigenvalue weighted by molar-refractivity contribution is 9.10. The SMILES string of the molecule is COc1ccc(Oc2ccc(F)cc2CCN)c(Br)c1. The van der Waals surface area contributed by atoms with Crippen LogP contribution in [0.5, 0.6) is 17.2 Å². The third-order valence-electron chi connectivity index (χ3n) is 2.80. The molecule has 0 radical (unpaired) electrons. The summed E-state index contributed by atoms with van der Waals surface area (Å²) in [5.41, 5.74) is 6.28. The molecule has 0 saturated heterocycles. The van der Waals surface area contributed by atoms with Crippen molar-refractivity contribution in [3.63, 3.8) is 0 Å². The molecule has 0 spiro atoms. The van der Waals surface area contributed by atoms with Gasteiger partial charge in [-0.05, 0) is 70.9 Å². The molecule has 0 aromatic heterocycles. The molecule has 0 unspecified atom stereocenters. The van der Waals surface area contributed by atoms with E-state index in [0.29, 0.717) is 24.5 Å². The number of nitrogens with two attached hydrogens (primary N) is 1. The van der Waals surface area contributed by atoms with Crippen molar-refractivity contribution < 1.29 is 13.9 Å². The highest BCUT2D eigenvalue weighted by Gasteiger charge is 2.09. The molecule has 0 aliphatic carbocycles. The van der Waals surface area contributed by atoms with Gasteiger partial charge in [0, 0.05) is 0 Å². The van der Waals surface area contributed by atoms with Crippen molar-refractivity contribution in [1.29, 1.82) is 0 Å². The second-order valence-electron chi connectivity index (χ2n) is 4.19. The zero-order valence-corrected chi connectivity index (χ0v) is 12.6. The highest BCUT2D eigenvalue weighted by Crippen LogP contribution is 2.34. The first-order valence-corrected chi connectivity index (χ1v) is 6.93.